The van der Waals surface area contributed by atoms with Gasteiger partial charge in [0.2, 0.25) is 5.88 Å². The number of hydrogen-bond acceptors (Lipinski definition) is 9. The molecule has 196 valence electrons. The van der Waals surface area contributed by atoms with Gasteiger partial charge in [-0.3, -0.25) is 4.79 Å². The van der Waals surface area contributed by atoms with Crippen LogP contribution in [0.15, 0.2) is 41.1 Å². The smallest absolute Gasteiger partial charge is 0.422 e. The van der Waals surface area contributed by atoms with Gasteiger partial charge in [0.1, 0.15) is 12.0 Å². The number of rotatable bonds is 7. The Labute approximate surface area is 208 Å². The van der Waals surface area contributed by atoms with E-state index in [1.54, 1.807) is 6.07 Å². The van der Waals surface area contributed by atoms with Crippen LogP contribution in [0.25, 0.3) is 0 Å². The summed E-state index contributed by atoms with van der Waals surface area (Å²) in [5.74, 6) is -0.366. The van der Waals surface area contributed by atoms with Crippen LogP contribution in [0.1, 0.15) is 36.4 Å². The highest BCUT2D eigenvalue weighted by molar-refractivity contribution is 6.00. The molecule has 1 saturated carbocycles. The maximum absolute atomic E-state index is 13.3. The van der Waals surface area contributed by atoms with E-state index < -0.39 is 24.9 Å². The first-order valence-electron chi connectivity index (χ1n) is 11.6. The summed E-state index contributed by atoms with van der Waals surface area (Å²) in [5.41, 5.74) is 0.931. The molecule has 0 aromatic carbocycles. The third-order valence-corrected chi connectivity index (χ3v) is 6.45. The summed E-state index contributed by atoms with van der Waals surface area (Å²) in [6, 6.07) is 6.06. The van der Waals surface area contributed by atoms with Gasteiger partial charge < -0.3 is 24.7 Å². The van der Waals surface area contributed by atoms with Crippen molar-refractivity contribution < 1.29 is 31.5 Å². The molecule has 37 heavy (non-hydrogen) atoms. The molecule has 4 heterocycles. The fourth-order valence-electron chi connectivity index (χ4n) is 4.51. The highest BCUT2D eigenvalue weighted by Gasteiger charge is 2.46. The van der Waals surface area contributed by atoms with Crippen LogP contribution in [-0.4, -0.2) is 58.1 Å². The number of nitrogens with zero attached hydrogens (tertiary/aromatic N) is 5. The third-order valence-electron chi connectivity index (χ3n) is 6.45. The van der Waals surface area contributed by atoms with Crippen molar-refractivity contribution in [3.8, 4) is 5.88 Å². The van der Waals surface area contributed by atoms with Gasteiger partial charge in [-0.1, -0.05) is 5.10 Å². The van der Waals surface area contributed by atoms with Crippen molar-refractivity contribution in [2.75, 3.05) is 35.2 Å². The van der Waals surface area contributed by atoms with E-state index in [2.05, 4.69) is 40.4 Å². The summed E-state index contributed by atoms with van der Waals surface area (Å²) in [4.78, 5) is 22.8. The summed E-state index contributed by atoms with van der Waals surface area (Å²) in [7, 11) is 0. The fourth-order valence-corrected chi connectivity index (χ4v) is 4.51. The molecule has 14 heteroatoms. The van der Waals surface area contributed by atoms with E-state index in [0.717, 1.165) is 31.7 Å². The lowest BCUT2D eigenvalue weighted by atomic mass is 9.62. The molecule has 1 amide bonds. The number of alkyl halides is 4. The molecular formula is C23H23F4N7O3. The van der Waals surface area contributed by atoms with E-state index in [1.165, 1.54) is 24.5 Å². The van der Waals surface area contributed by atoms with Crippen LogP contribution in [0.5, 0.6) is 5.88 Å². The first-order valence-corrected chi connectivity index (χ1v) is 11.6. The number of hydrogen-bond donors (Lipinski definition) is 2. The molecule has 2 N–H and O–H groups in total. The number of carbonyl (C=O) groups is 1. The normalized spacial score (nSPS) is 17.4. The summed E-state index contributed by atoms with van der Waals surface area (Å²) in [5, 5.41) is 12.7. The second kappa shape index (κ2) is 9.82. The molecule has 1 aliphatic carbocycles. The van der Waals surface area contributed by atoms with Gasteiger partial charge in [-0.25, -0.2) is 14.4 Å². The second-order valence-electron chi connectivity index (χ2n) is 9.18. The minimum Gasteiger partial charge on any atom is -0.468 e. The van der Waals surface area contributed by atoms with Gasteiger partial charge in [0.15, 0.2) is 6.61 Å². The van der Waals surface area contributed by atoms with Crippen molar-refractivity contribution in [1.29, 1.82) is 0 Å². The Hall–Kier alpha value is -3.97. The van der Waals surface area contributed by atoms with Gasteiger partial charge in [0.05, 0.1) is 23.8 Å². The van der Waals surface area contributed by atoms with Crippen molar-refractivity contribution in [3.05, 3.63) is 42.5 Å². The summed E-state index contributed by atoms with van der Waals surface area (Å²) >= 11 is 0. The van der Waals surface area contributed by atoms with E-state index in [4.69, 9.17) is 4.42 Å². The Balaban J connectivity index is 1.11. The highest BCUT2D eigenvalue weighted by atomic mass is 19.4. The van der Waals surface area contributed by atoms with Gasteiger partial charge in [-0.15, -0.1) is 5.10 Å². The quantitative estimate of drug-likeness (QED) is 0.433. The predicted molar refractivity (Wildman–Crippen MR) is 124 cm³/mol. The Morgan fingerprint density at radius 1 is 1.08 bits per heavy atom. The number of nitrogens with one attached hydrogen (secondary N) is 2. The Morgan fingerprint density at radius 2 is 1.81 bits per heavy atom. The zero-order chi connectivity index (χ0) is 26.0. The van der Waals surface area contributed by atoms with Crippen molar-refractivity contribution in [2.45, 2.75) is 38.0 Å². The van der Waals surface area contributed by atoms with E-state index in [1.807, 2.05) is 6.07 Å². The first kappa shape index (κ1) is 24.7. The van der Waals surface area contributed by atoms with Gasteiger partial charge in [0, 0.05) is 19.2 Å². The number of aromatic nitrogens is 4. The van der Waals surface area contributed by atoms with Gasteiger partial charge in [-0.05, 0) is 49.3 Å². The van der Waals surface area contributed by atoms with Crippen LogP contribution in [0.4, 0.5) is 40.8 Å². The maximum Gasteiger partial charge on any atom is 0.422 e. The average molecular weight is 521 g/mol. The molecule has 3 aromatic heterocycles. The Morgan fingerprint density at radius 3 is 2.43 bits per heavy atom. The van der Waals surface area contributed by atoms with E-state index in [9.17, 15) is 22.4 Å². The number of halogens is 4. The van der Waals surface area contributed by atoms with Crippen molar-refractivity contribution in [1.82, 2.24) is 20.2 Å². The van der Waals surface area contributed by atoms with E-state index in [-0.39, 0.29) is 23.2 Å². The predicted octanol–water partition coefficient (Wildman–Crippen LogP) is 4.52. The van der Waals surface area contributed by atoms with Crippen LogP contribution in [0, 0.1) is 5.41 Å². The fraction of sp³-hybridized carbons (Fsp3) is 0.435. The summed E-state index contributed by atoms with van der Waals surface area (Å²) in [6.07, 6.45) is 0.853. The van der Waals surface area contributed by atoms with Crippen LogP contribution < -0.4 is 20.3 Å². The Kier molecular flexibility index (Phi) is 6.56. The molecule has 2 fully saturated rings. The minimum absolute atomic E-state index is 0.113. The molecule has 1 aliphatic heterocycles. The molecule has 0 atom stereocenters. The largest absolute Gasteiger partial charge is 0.468 e. The van der Waals surface area contributed by atoms with E-state index >= 15 is 0 Å². The molecule has 10 nitrogen and oxygen atoms in total. The molecule has 2 aliphatic rings. The van der Waals surface area contributed by atoms with Gasteiger partial charge in [-0.2, -0.15) is 13.2 Å². The standard InChI is InChI=1S/C23H23F4N7O3/c24-14-9-22(10-14)5-7-34(8-6-22)17-3-1-15(11-28-17)30-19(35)20-32-33-21(37-20)31-16-2-4-18(29-12-16)36-13-23(25,26)27/h1-4,11-12,14H,5-10,13H2,(H,30,35)(H,31,33). The zero-order valence-electron chi connectivity index (χ0n) is 19.5. The summed E-state index contributed by atoms with van der Waals surface area (Å²) < 4.78 is 59.8. The van der Waals surface area contributed by atoms with Gasteiger partial charge >= 0.3 is 24.0 Å². The summed E-state index contributed by atoms with van der Waals surface area (Å²) in [6.45, 7) is 0.192. The number of anilines is 4. The van der Waals surface area contributed by atoms with Crippen LogP contribution in [0.3, 0.4) is 0 Å². The Bertz CT molecular complexity index is 1220. The lowest BCUT2D eigenvalue weighted by molar-refractivity contribution is -0.154. The number of amides is 1. The van der Waals surface area contributed by atoms with Crippen molar-refractivity contribution >= 4 is 29.1 Å². The minimum atomic E-state index is -4.47. The molecular weight excluding hydrogens is 498 g/mol. The van der Waals surface area contributed by atoms with Crippen molar-refractivity contribution in [3.63, 3.8) is 0 Å². The SMILES string of the molecule is O=C(Nc1ccc(N2CCC3(CC2)CC(F)C3)nc1)c1nnc(Nc2ccc(OCC(F)(F)F)nc2)o1. The number of carbonyl (C=O) groups excluding carboxylic acids is 1. The molecule has 0 unspecified atom stereocenters. The maximum atomic E-state index is 13.3. The average Bonchev–Trinajstić information content (AvgIpc) is 3.32. The second-order valence-corrected chi connectivity index (χ2v) is 9.18. The number of pyridine rings is 2. The molecule has 1 saturated heterocycles. The highest BCUT2D eigenvalue weighted by Crippen LogP contribution is 2.50. The number of ether oxygens (including phenoxy) is 1. The lowest BCUT2D eigenvalue weighted by Crippen LogP contribution is -2.48. The lowest BCUT2D eigenvalue weighted by Gasteiger charge is -2.49. The van der Waals surface area contributed by atoms with Crippen LogP contribution >= 0.6 is 0 Å². The molecule has 3 aromatic rings. The van der Waals surface area contributed by atoms with E-state index in [0.29, 0.717) is 24.2 Å². The van der Waals surface area contributed by atoms with Crippen LogP contribution in [-0.2, 0) is 0 Å². The number of piperidine rings is 1. The zero-order valence-corrected chi connectivity index (χ0v) is 19.5. The topological polar surface area (TPSA) is 118 Å². The first-order chi connectivity index (χ1) is 17.7. The van der Waals surface area contributed by atoms with Gasteiger partial charge in [0.25, 0.3) is 0 Å². The monoisotopic (exact) mass is 521 g/mol. The molecule has 5 rings (SSSR count). The molecule has 1 spiro atoms. The third kappa shape index (κ3) is 6.06. The van der Waals surface area contributed by atoms with Crippen molar-refractivity contribution in [2.24, 2.45) is 5.41 Å². The molecule has 0 bridgehead atoms. The van der Waals surface area contributed by atoms with Crippen LogP contribution in [0.2, 0.25) is 0 Å². The molecule has 0 radical (unpaired) electrons.